The summed E-state index contributed by atoms with van der Waals surface area (Å²) < 4.78 is 0. The van der Waals surface area contributed by atoms with Gasteiger partial charge in [-0.2, -0.15) is 0 Å². The Morgan fingerprint density at radius 3 is 2.89 bits per heavy atom. The molecule has 0 aliphatic carbocycles. The third-order valence-electron chi connectivity index (χ3n) is 4.06. The second-order valence-corrected chi connectivity index (χ2v) is 5.52. The number of nitrogens with two attached hydrogens (primary N) is 1. The van der Waals surface area contributed by atoms with Gasteiger partial charge in [-0.25, -0.2) is 0 Å². The van der Waals surface area contributed by atoms with Crippen molar-refractivity contribution in [1.29, 1.82) is 5.41 Å². The number of nitrogen functional groups attached to an aromatic ring is 1. The van der Waals surface area contributed by atoms with E-state index >= 15 is 0 Å². The van der Waals surface area contributed by atoms with Gasteiger partial charge in [0.15, 0.2) is 0 Å². The summed E-state index contributed by atoms with van der Waals surface area (Å²) in [5.41, 5.74) is 9.08. The minimum Gasteiger partial charge on any atom is -0.384 e. The second-order valence-electron chi connectivity index (χ2n) is 5.52. The molecule has 104 valence electrons. The fourth-order valence-electron chi connectivity index (χ4n) is 3.19. The fraction of sp³-hybridized carbons (Fsp3) is 0.562. The van der Waals surface area contributed by atoms with Crippen molar-refractivity contribution in [2.45, 2.75) is 52.0 Å². The number of nitrogens with zero attached hydrogens (tertiary/aromatic N) is 1. The number of anilines is 1. The van der Waals surface area contributed by atoms with E-state index in [2.05, 4.69) is 24.8 Å². The van der Waals surface area contributed by atoms with Crippen LogP contribution in [0.25, 0.3) is 0 Å². The van der Waals surface area contributed by atoms with Gasteiger partial charge in [-0.1, -0.05) is 25.5 Å². The van der Waals surface area contributed by atoms with E-state index in [0.717, 1.165) is 12.1 Å². The molecule has 0 aromatic heterocycles. The van der Waals surface area contributed by atoms with Crippen LogP contribution in [0.2, 0.25) is 0 Å². The van der Waals surface area contributed by atoms with Gasteiger partial charge in [-0.05, 0) is 44.2 Å². The van der Waals surface area contributed by atoms with Crippen molar-refractivity contribution in [3.8, 4) is 0 Å². The molecule has 0 bridgehead atoms. The largest absolute Gasteiger partial charge is 0.384 e. The van der Waals surface area contributed by atoms with Crippen LogP contribution in [-0.2, 0) is 0 Å². The molecule has 3 N–H and O–H groups in total. The molecule has 3 nitrogen and oxygen atoms in total. The number of para-hydroxylation sites is 1. The summed E-state index contributed by atoms with van der Waals surface area (Å²) in [6.07, 6.45) is 6.27. The first-order valence-corrected chi connectivity index (χ1v) is 7.35. The van der Waals surface area contributed by atoms with Crippen molar-refractivity contribution in [2.24, 2.45) is 5.73 Å². The van der Waals surface area contributed by atoms with Crippen molar-refractivity contribution in [2.75, 3.05) is 11.4 Å². The lowest BCUT2D eigenvalue weighted by Gasteiger charge is -2.39. The van der Waals surface area contributed by atoms with Crippen molar-refractivity contribution >= 4 is 11.5 Å². The van der Waals surface area contributed by atoms with Crippen LogP contribution in [0.5, 0.6) is 0 Å². The standard InChI is InChI=1S/C16H25N3/c1-3-7-13-9-4-5-11-19(13)15-12(2)8-6-10-14(15)16(17)18/h6,8,10,13H,3-5,7,9,11H2,1-2H3,(H3,17,18). The zero-order valence-electron chi connectivity index (χ0n) is 12.1. The predicted octanol–water partition coefficient (Wildman–Crippen LogP) is 3.44. The summed E-state index contributed by atoms with van der Waals surface area (Å²) in [5.74, 6) is 0.180. The fourth-order valence-corrected chi connectivity index (χ4v) is 3.19. The Labute approximate surface area is 116 Å². The molecule has 1 unspecified atom stereocenters. The van der Waals surface area contributed by atoms with Crippen molar-refractivity contribution in [3.05, 3.63) is 29.3 Å². The number of hydrogen-bond acceptors (Lipinski definition) is 2. The van der Waals surface area contributed by atoms with Gasteiger partial charge >= 0.3 is 0 Å². The first-order valence-electron chi connectivity index (χ1n) is 7.35. The molecule has 0 saturated carbocycles. The number of benzene rings is 1. The highest BCUT2D eigenvalue weighted by Gasteiger charge is 2.25. The summed E-state index contributed by atoms with van der Waals surface area (Å²) in [6.45, 7) is 5.46. The Morgan fingerprint density at radius 2 is 2.21 bits per heavy atom. The highest BCUT2D eigenvalue weighted by atomic mass is 15.2. The normalized spacial score (nSPS) is 19.5. The Morgan fingerprint density at radius 1 is 1.42 bits per heavy atom. The third-order valence-corrected chi connectivity index (χ3v) is 4.06. The molecule has 1 aliphatic heterocycles. The van der Waals surface area contributed by atoms with Crippen LogP contribution in [-0.4, -0.2) is 18.4 Å². The maximum Gasteiger partial charge on any atom is 0.124 e. The second kappa shape index (κ2) is 6.09. The maximum atomic E-state index is 7.81. The molecule has 1 aromatic rings. The monoisotopic (exact) mass is 259 g/mol. The topological polar surface area (TPSA) is 53.1 Å². The summed E-state index contributed by atoms with van der Waals surface area (Å²) in [5, 5.41) is 7.81. The van der Waals surface area contributed by atoms with Gasteiger partial charge in [-0.15, -0.1) is 0 Å². The quantitative estimate of drug-likeness (QED) is 0.643. The predicted molar refractivity (Wildman–Crippen MR) is 82.1 cm³/mol. The van der Waals surface area contributed by atoms with Gasteiger partial charge in [-0.3, -0.25) is 5.41 Å². The van der Waals surface area contributed by atoms with Gasteiger partial charge in [0.25, 0.3) is 0 Å². The first kappa shape index (κ1) is 13.9. The highest BCUT2D eigenvalue weighted by molar-refractivity contribution is 6.01. The van der Waals surface area contributed by atoms with Crippen LogP contribution >= 0.6 is 0 Å². The summed E-state index contributed by atoms with van der Waals surface area (Å²) in [7, 11) is 0. The zero-order chi connectivity index (χ0) is 13.8. The minimum absolute atomic E-state index is 0.180. The molecule has 1 fully saturated rings. The van der Waals surface area contributed by atoms with Gasteiger partial charge in [0.2, 0.25) is 0 Å². The summed E-state index contributed by atoms with van der Waals surface area (Å²) in [4.78, 5) is 2.50. The van der Waals surface area contributed by atoms with Gasteiger partial charge in [0, 0.05) is 18.2 Å². The van der Waals surface area contributed by atoms with Gasteiger partial charge in [0.05, 0.1) is 5.69 Å². The number of aryl methyl sites for hydroxylation is 1. The average Bonchev–Trinajstić information content (AvgIpc) is 2.40. The molecule has 1 aliphatic rings. The average molecular weight is 259 g/mol. The first-order chi connectivity index (χ1) is 9.15. The van der Waals surface area contributed by atoms with Crippen LogP contribution in [0.15, 0.2) is 18.2 Å². The molecule has 0 spiro atoms. The molecular weight excluding hydrogens is 234 g/mol. The molecular formula is C16H25N3. The molecule has 3 heteroatoms. The number of amidine groups is 1. The Kier molecular flexibility index (Phi) is 4.46. The van der Waals surface area contributed by atoms with Crippen molar-refractivity contribution < 1.29 is 0 Å². The van der Waals surface area contributed by atoms with E-state index in [1.54, 1.807) is 0 Å². The molecule has 2 rings (SSSR count). The Hall–Kier alpha value is -1.51. The Balaban J connectivity index is 2.40. The summed E-state index contributed by atoms with van der Waals surface area (Å²) in [6, 6.07) is 6.70. The van der Waals surface area contributed by atoms with Gasteiger partial charge in [0.1, 0.15) is 5.84 Å². The van der Waals surface area contributed by atoms with E-state index in [4.69, 9.17) is 11.1 Å². The van der Waals surface area contributed by atoms with E-state index < -0.39 is 0 Å². The third kappa shape index (κ3) is 2.91. The lowest BCUT2D eigenvalue weighted by molar-refractivity contribution is 0.434. The maximum absolute atomic E-state index is 7.81. The number of hydrogen-bond donors (Lipinski definition) is 2. The minimum atomic E-state index is 0.180. The van der Waals surface area contributed by atoms with Crippen LogP contribution in [0.4, 0.5) is 5.69 Å². The van der Waals surface area contributed by atoms with Crippen LogP contribution in [0, 0.1) is 12.3 Å². The van der Waals surface area contributed by atoms with Crippen molar-refractivity contribution in [3.63, 3.8) is 0 Å². The molecule has 0 amide bonds. The molecule has 1 saturated heterocycles. The molecule has 1 heterocycles. The van der Waals surface area contributed by atoms with E-state index in [0.29, 0.717) is 6.04 Å². The van der Waals surface area contributed by atoms with Crippen LogP contribution in [0.3, 0.4) is 0 Å². The SMILES string of the molecule is CCCC1CCCCN1c1c(C)cccc1C(=N)N. The molecule has 19 heavy (non-hydrogen) atoms. The van der Waals surface area contributed by atoms with Crippen LogP contribution < -0.4 is 10.6 Å². The summed E-state index contributed by atoms with van der Waals surface area (Å²) >= 11 is 0. The molecule has 1 aromatic carbocycles. The number of rotatable bonds is 4. The van der Waals surface area contributed by atoms with E-state index in [9.17, 15) is 0 Å². The lowest BCUT2D eigenvalue weighted by atomic mass is 9.95. The van der Waals surface area contributed by atoms with Gasteiger partial charge < -0.3 is 10.6 Å². The number of nitrogens with one attached hydrogen (secondary N) is 1. The Bertz CT molecular complexity index is 451. The number of piperidine rings is 1. The zero-order valence-corrected chi connectivity index (χ0v) is 12.1. The molecule has 1 atom stereocenters. The van der Waals surface area contributed by atoms with Crippen LogP contribution in [0.1, 0.15) is 50.2 Å². The van der Waals surface area contributed by atoms with E-state index in [1.807, 2.05) is 12.1 Å². The smallest absolute Gasteiger partial charge is 0.124 e. The van der Waals surface area contributed by atoms with E-state index in [1.165, 1.54) is 43.4 Å². The molecule has 0 radical (unpaired) electrons. The van der Waals surface area contributed by atoms with E-state index in [-0.39, 0.29) is 5.84 Å². The lowest BCUT2D eigenvalue weighted by Crippen LogP contribution is -2.41. The highest BCUT2D eigenvalue weighted by Crippen LogP contribution is 2.32. The van der Waals surface area contributed by atoms with Crippen molar-refractivity contribution in [1.82, 2.24) is 0 Å².